The van der Waals surface area contributed by atoms with E-state index in [-0.39, 0.29) is 11.6 Å². The van der Waals surface area contributed by atoms with E-state index in [1.807, 2.05) is 54.6 Å². The van der Waals surface area contributed by atoms with E-state index in [1.165, 1.54) is 0 Å². The quantitative estimate of drug-likeness (QED) is 0.526. The van der Waals surface area contributed by atoms with Gasteiger partial charge in [0.2, 0.25) is 5.56 Å². The third kappa shape index (κ3) is 3.10. The van der Waals surface area contributed by atoms with Crippen LogP contribution in [0.25, 0.3) is 22.1 Å². The minimum absolute atomic E-state index is 0.196. The molecule has 2 aromatic heterocycles. The average molecular weight is 346 g/mol. The van der Waals surface area contributed by atoms with Crippen molar-refractivity contribution in [2.45, 2.75) is 12.5 Å². The summed E-state index contributed by atoms with van der Waals surface area (Å²) < 4.78 is 5.21. The van der Waals surface area contributed by atoms with E-state index < -0.39 is 0 Å². The van der Waals surface area contributed by atoms with Crippen molar-refractivity contribution in [2.75, 3.05) is 5.73 Å². The summed E-state index contributed by atoms with van der Waals surface area (Å²) in [5.74, 6) is 0.350. The van der Waals surface area contributed by atoms with Crippen LogP contribution in [-0.2, 0) is 6.42 Å². The molecule has 4 aromatic rings. The van der Waals surface area contributed by atoms with Gasteiger partial charge in [-0.3, -0.25) is 4.79 Å². The Balaban J connectivity index is 1.70. The van der Waals surface area contributed by atoms with Crippen LogP contribution in [0.4, 0.5) is 5.82 Å². The van der Waals surface area contributed by atoms with Crippen molar-refractivity contribution in [1.29, 1.82) is 0 Å². The normalized spacial score (nSPS) is 12.3. The fourth-order valence-corrected chi connectivity index (χ4v) is 3.05. The molecule has 0 saturated carbocycles. The number of fused-ring (bicyclic) bond motifs is 1. The molecule has 4 rings (SSSR count). The third-order valence-electron chi connectivity index (χ3n) is 4.40. The Bertz CT molecular complexity index is 1120. The summed E-state index contributed by atoms with van der Waals surface area (Å²) in [7, 11) is 0. The van der Waals surface area contributed by atoms with Gasteiger partial charge < -0.3 is 21.0 Å². The number of hydrogen-bond donors (Lipinski definition) is 3. The maximum absolute atomic E-state index is 12.1. The summed E-state index contributed by atoms with van der Waals surface area (Å²) in [4.78, 5) is 15.0. The molecule has 1 unspecified atom stereocenters. The first-order valence-corrected chi connectivity index (χ1v) is 8.29. The highest BCUT2D eigenvalue weighted by molar-refractivity contribution is 5.90. The minimum Gasteiger partial charge on any atom is -0.380 e. The van der Waals surface area contributed by atoms with E-state index in [2.05, 4.69) is 10.1 Å². The predicted molar refractivity (Wildman–Crippen MR) is 102 cm³/mol. The van der Waals surface area contributed by atoms with Crippen molar-refractivity contribution in [3.63, 3.8) is 0 Å². The second-order valence-electron chi connectivity index (χ2n) is 6.26. The standard InChI is InChI=1S/C20H18N4O2/c21-16(8-12-4-2-1-3-5-12)17-9-14(11-19(25)23-17)13-6-7-15-18(10-13)26-24-20(15)22/h1-7,9-11,16H,8,21H2,(H2,22,24)(H,23,25). The Labute approximate surface area is 149 Å². The van der Waals surface area contributed by atoms with Gasteiger partial charge >= 0.3 is 0 Å². The molecule has 0 amide bonds. The lowest BCUT2D eigenvalue weighted by atomic mass is 10.00. The lowest BCUT2D eigenvalue weighted by Gasteiger charge is -2.13. The molecule has 0 aliphatic carbocycles. The molecule has 6 heteroatoms. The Hall–Kier alpha value is -3.38. The molecule has 1 atom stereocenters. The number of pyridine rings is 1. The van der Waals surface area contributed by atoms with Crippen molar-refractivity contribution in [3.05, 3.63) is 82.3 Å². The maximum atomic E-state index is 12.1. The number of anilines is 1. The van der Waals surface area contributed by atoms with Crippen molar-refractivity contribution < 1.29 is 4.52 Å². The number of nitrogens with two attached hydrogens (primary N) is 2. The number of aromatic nitrogens is 2. The van der Waals surface area contributed by atoms with Crippen LogP contribution in [0, 0.1) is 0 Å². The number of nitrogens with one attached hydrogen (secondary N) is 1. The minimum atomic E-state index is -0.310. The first kappa shape index (κ1) is 16.1. The van der Waals surface area contributed by atoms with Crippen LogP contribution in [0.3, 0.4) is 0 Å². The maximum Gasteiger partial charge on any atom is 0.248 e. The number of aromatic amines is 1. The highest BCUT2D eigenvalue weighted by Crippen LogP contribution is 2.27. The number of benzene rings is 2. The van der Waals surface area contributed by atoms with E-state index in [0.29, 0.717) is 23.5 Å². The second kappa shape index (κ2) is 6.50. The molecular weight excluding hydrogens is 328 g/mol. The summed E-state index contributed by atoms with van der Waals surface area (Å²) in [5.41, 5.74) is 15.9. The van der Waals surface area contributed by atoms with Gasteiger partial charge in [-0.15, -0.1) is 0 Å². The predicted octanol–water partition coefficient (Wildman–Crippen LogP) is 3.01. The van der Waals surface area contributed by atoms with Gasteiger partial charge in [-0.1, -0.05) is 41.6 Å². The van der Waals surface area contributed by atoms with E-state index >= 15 is 0 Å². The fraction of sp³-hybridized carbons (Fsp3) is 0.100. The average Bonchev–Trinajstić information content (AvgIpc) is 3.02. The molecular formula is C20H18N4O2. The zero-order chi connectivity index (χ0) is 18.1. The monoisotopic (exact) mass is 346 g/mol. The lowest BCUT2D eigenvalue weighted by molar-refractivity contribution is 0.460. The molecule has 0 aliphatic rings. The molecule has 26 heavy (non-hydrogen) atoms. The molecule has 2 heterocycles. The van der Waals surface area contributed by atoms with Gasteiger partial charge in [-0.05, 0) is 41.3 Å². The zero-order valence-corrected chi connectivity index (χ0v) is 14.0. The number of rotatable bonds is 4. The summed E-state index contributed by atoms with van der Waals surface area (Å²) in [6, 6.07) is 18.6. The molecule has 0 bridgehead atoms. The Morgan fingerprint density at radius 3 is 2.65 bits per heavy atom. The van der Waals surface area contributed by atoms with Crippen molar-refractivity contribution in [1.82, 2.24) is 10.1 Å². The van der Waals surface area contributed by atoms with E-state index in [1.54, 1.807) is 6.07 Å². The van der Waals surface area contributed by atoms with Crippen LogP contribution >= 0.6 is 0 Å². The molecule has 130 valence electrons. The van der Waals surface area contributed by atoms with Crippen molar-refractivity contribution >= 4 is 16.8 Å². The van der Waals surface area contributed by atoms with Crippen LogP contribution in [0.5, 0.6) is 0 Å². The molecule has 5 N–H and O–H groups in total. The largest absolute Gasteiger partial charge is 0.380 e. The molecule has 2 aromatic carbocycles. The van der Waals surface area contributed by atoms with Gasteiger partial charge in [0.1, 0.15) is 0 Å². The van der Waals surface area contributed by atoms with Gasteiger partial charge in [0.05, 0.1) is 5.39 Å². The molecule has 6 nitrogen and oxygen atoms in total. The first-order chi connectivity index (χ1) is 12.6. The van der Waals surface area contributed by atoms with E-state index in [0.717, 1.165) is 22.1 Å². The van der Waals surface area contributed by atoms with E-state index in [4.69, 9.17) is 16.0 Å². The van der Waals surface area contributed by atoms with Gasteiger partial charge in [0.15, 0.2) is 11.4 Å². The highest BCUT2D eigenvalue weighted by Gasteiger charge is 2.12. The van der Waals surface area contributed by atoms with Gasteiger partial charge in [0.25, 0.3) is 0 Å². The SMILES string of the molecule is Nc1noc2cc(-c3cc(C(N)Cc4ccccc4)[nH]c(=O)c3)ccc12. The van der Waals surface area contributed by atoms with Crippen LogP contribution in [0.1, 0.15) is 17.3 Å². The van der Waals surface area contributed by atoms with Crippen molar-refractivity contribution in [2.24, 2.45) is 5.73 Å². The lowest BCUT2D eigenvalue weighted by Crippen LogP contribution is -2.19. The zero-order valence-electron chi connectivity index (χ0n) is 14.0. The number of nitrogen functional groups attached to an aromatic ring is 1. The molecule has 0 spiro atoms. The van der Waals surface area contributed by atoms with Crippen LogP contribution in [0.2, 0.25) is 0 Å². The van der Waals surface area contributed by atoms with Crippen molar-refractivity contribution in [3.8, 4) is 11.1 Å². The topological polar surface area (TPSA) is 111 Å². The van der Waals surface area contributed by atoms with Gasteiger partial charge in [-0.2, -0.15) is 0 Å². The molecule has 0 saturated heterocycles. The molecule has 0 fully saturated rings. The number of hydrogen-bond acceptors (Lipinski definition) is 5. The summed E-state index contributed by atoms with van der Waals surface area (Å²) >= 11 is 0. The van der Waals surface area contributed by atoms with Crippen LogP contribution in [0.15, 0.2) is 70.0 Å². The molecule has 0 radical (unpaired) electrons. The third-order valence-corrected chi connectivity index (χ3v) is 4.40. The van der Waals surface area contributed by atoms with Gasteiger partial charge in [-0.25, -0.2) is 0 Å². The second-order valence-corrected chi connectivity index (χ2v) is 6.26. The Morgan fingerprint density at radius 1 is 1.04 bits per heavy atom. The summed E-state index contributed by atoms with van der Waals surface area (Å²) in [6.45, 7) is 0. The van der Waals surface area contributed by atoms with Crippen LogP contribution < -0.4 is 17.0 Å². The van der Waals surface area contributed by atoms with Crippen LogP contribution in [-0.4, -0.2) is 10.1 Å². The van der Waals surface area contributed by atoms with E-state index in [9.17, 15) is 4.79 Å². The summed E-state index contributed by atoms with van der Waals surface area (Å²) in [6.07, 6.45) is 0.637. The summed E-state index contributed by atoms with van der Waals surface area (Å²) in [5, 5.41) is 4.51. The fourth-order valence-electron chi connectivity index (χ4n) is 3.05. The van der Waals surface area contributed by atoms with Gasteiger partial charge in [0, 0.05) is 17.8 Å². The first-order valence-electron chi connectivity index (χ1n) is 8.29. The number of nitrogens with zero attached hydrogens (tertiary/aromatic N) is 1. The Kier molecular flexibility index (Phi) is 4.02. The number of H-pyrrole nitrogens is 1. The smallest absolute Gasteiger partial charge is 0.248 e. The highest BCUT2D eigenvalue weighted by atomic mass is 16.5. The Morgan fingerprint density at radius 2 is 1.85 bits per heavy atom. The molecule has 0 aliphatic heterocycles.